The van der Waals surface area contributed by atoms with Crippen molar-refractivity contribution >= 4 is 11.0 Å². The van der Waals surface area contributed by atoms with Crippen molar-refractivity contribution in [2.24, 2.45) is 14.1 Å². The molecule has 0 saturated heterocycles. The molecule has 0 bridgehead atoms. The van der Waals surface area contributed by atoms with Crippen molar-refractivity contribution < 1.29 is 4.74 Å². The lowest BCUT2D eigenvalue weighted by Gasteiger charge is -2.09. The minimum Gasteiger partial charge on any atom is -0.497 e. The normalized spacial score (nSPS) is 11.2. The van der Waals surface area contributed by atoms with Crippen LogP contribution in [-0.4, -0.2) is 21.2 Å². The van der Waals surface area contributed by atoms with E-state index in [2.05, 4.69) is 31.0 Å². The molecule has 0 spiro atoms. The highest BCUT2D eigenvalue weighted by molar-refractivity contribution is 6.02. The average molecular weight is 389 g/mol. The summed E-state index contributed by atoms with van der Waals surface area (Å²) in [6.45, 7) is 4.12. The molecule has 0 aliphatic heterocycles. The van der Waals surface area contributed by atoms with Gasteiger partial charge in [-0.05, 0) is 54.3 Å². The number of fused-ring (bicyclic) bond motifs is 1. The highest BCUT2D eigenvalue weighted by Gasteiger charge is 2.21. The number of benzene rings is 2. The van der Waals surface area contributed by atoms with Gasteiger partial charge in [-0.15, -0.1) is 0 Å². The van der Waals surface area contributed by atoms with Crippen LogP contribution in [0.1, 0.15) is 11.1 Å². The topological polar surface area (TPSA) is 69.0 Å². The average Bonchev–Trinajstić information content (AvgIpc) is 3.13. The molecule has 0 amide bonds. The summed E-state index contributed by atoms with van der Waals surface area (Å²) in [6, 6.07) is 13.8. The lowest BCUT2D eigenvalue weighted by atomic mass is 9.97. The summed E-state index contributed by atoms with van der Waals surface area (Å²) < 4.78 is 7.90. The van der Waals surface area contributed by atoms with Crippen LogP contribution in [0.15, 0.2) is 52.1 Å². The van der Waals surface area contributed by atoms with Crippen LogP contribution in [0, 0.1) is 13.8 Å². The number of nitrogens with zero attached hydrogens (tertiary/aromatic N) is 2. The zero-order chi connectivity index (χ0) is 20.9. The first-order chi connectivity index (χ1) is 13.8. The van der Waals surface area contributed by atoms with Gasteiger partial charge in [-0.1, -0.05) is 24.3 Å². The molecule has 2 aromatic heterocycles. The standard InChI is InChI=1S/C23H23N3O3/c1-13-6-7-16(12-14(13)2)20-18(15-8-10-17(29-5)11-9-15)19-21(24-20)25(3)23(28)26(4)22(19)27/h6-12,24H,1-5H3. The summed E-state index contributed by atoms with van der Waals surface area (Å²) in [6.07, 6.45) is 0. The van der Waals surface area contributed by atoms with Crippen molar-refractivity contribution in [1.29, 1.82) is 0 Å². The summed E-state index contributed by atoms with van der Waals surface area (Å²) in [5.41, 5.74) is 5.61. The minimum absolute atomic E-state index is 0.319. The second kappa shape index (κ2) is 6.81. The molecular formula is C23H23N3O3. The second-order valence-electron chi connectivity index (χ2n) is 7.33. The number of methoxy groups -OCH3 is 1. The fourth-order valence-corrected chi connectivity index (χ4v) is 3.68. The molecule has 4 rings (SSSR count). The maximum atomic E-state index is 13.1. The van der Waals surface area contributed by atoms with Crippen molar-refractivity contribution in [3.8, 4) is 28.1 Å². The fourth-order valence-electron chi connectivity index (χ4n) is 3.68. The van der Waals surface area contributed by atoms with E-state index in [1.807, 2.05) is 30.3 Å². The third kappa shape index (κ3) is 2.88. The van der Waals surface area contributed by atoms with Gasteiger partial charge in [0, 0.05) is 19.7 Å². The SMILES string of the molecule is COc1ccc(-c2c(-c3ccc(C)c(C)c3)[nH]c3c2c(=O)n(C)c(=O)n3C)cc1. The van der Waals surface area contributed by atoms with Crippen LogP contribution in [0.2, 0.25) is 0 Å². The van der Waals surface area contributed by atoms with Crippen molar-refractivity contribution in [3.63, 3.8) is 0 Å². The van der Waals surface area contributed by atoms with E-state index in [0.717, 1.165) is 38.3 Å². The Labute approximate surface area is 168 Å². The predicted octanol–water partition coefficient (Wildman–Crippen LogP) is 3.52. The summed E-state index contributed by atoms with van der Waals surface area (Å²) in [7, 11) is 4.79. The van der Waals surface area contributed by atoms with Crippen LogP contribution >= 0.6 is 0 Å². The molecular weight excluding hydrogens is 366 g/mol. The van der Waals surface area contributed by atoms with Crippen molar-refractivity contribution in [3.05, 3.63) is 74.4 Å². The van der Waals surface area contributed by atoms with Gasteiger partial charge < -0.3 is 9.72 Å². The summed E-state index contributed by atoms with van der Waals surface area (Å²) >= 11 is 0. The maximum Gasteiger partial charge on any atom is 0.332 e. The fraction of sp³-hybridized carbons (Fsp3) is 0.217. The van der Waals surface area contributed by atoms with E-state index in [0.29, 0.717) is 11.0 Å². The van der Waals surface area contributed by atoms with Gasteiger partial charge in [0.15, 0.2) is 0 Å². The van der Waals surface area contributed by atoms with Gasteiger partial charge in [0.25, 0.3) is 5.56 Å². The Morgan fingerprint density at radius 1 is 0.862 bits per heavy atom. The van der Waals surface area contributed by atoms with Crippen LogP contribution in [0.25, 0.3) is 33.4 Å². The van der Waals surface area contributed by atoms with Crippen LogP contribution in [0.3, 0.4) is 0 Å². The van der Waals surface area contributed by atoms with Crippen molar-refractivity contribution in [1.82, 2.24) is 14.1 Å². The monoisotopic (exact) mass is 389 g/mol. The summed E-state index contributed by atoms with van der Waals surface area (Å²) in [4.78, 5) is 28.9. The molecule has 0 saturated carbocycles. The smallest absolute Gasteiger partial charge is 0.332 e. The highest BCUT2D eigenvalue weighted by atomic mass is 16.5. The Bertz CT molecular complexity index is 1360. The lowest BCUT2D eigenvalue weighted by Crippen LogP contribution is -2.36. The van der Waals surface area contributed by atoms with E-state index in [9.17, 15) is 9.59 Å². The van der Waals surface area contributed by atoms with E-state index in [1.54, 1.807) is 14.2 Å². The van der Waals surface area contributed by atoms with E-state index >= 15 is 0 Å². The Balaban J connectivity index is 2.15. The Kier molecular flexibility index (Phi) is 4.42. The molecule has 2 heterocycles. The summed E-state index contributed by atoms with van der Waals surface area (Å²) in [5.74, 6) is 0.738. The number of nitrogens with one attached hydrogen (secondary N) is 1. The first-order valence-corrected chi connectivity index (χ1v) is 9.37. The zero-order valence-corrected chi connectivity index (χ0v) is 17.2. The number of H-pyrrole nitrogens is 1. The molecule has 4 aromatic rings. The van der Waals surface area contributed by atoms with Gasteiger partial charge in [0.1, 0.15) is 11.4 Å². The number of ether oxygens (including phenoxy) is 1. The summed E-state index contributed by atoms with van der Waals surface area (Å²) in [5, 5.41) is 0.494. The molecule has 0 fully saturated rings. The van der Waals surface area contributed by atoms with Gasteiger partial charge in [0.05, 0.1) is 18.2 Å². The van der Waals surface area contributed by atoms with Crippen LogP contribution in [0.4, 0.5) is 0 Å². The zero-order valence-electron chi connectivity index (χ0n) is 17.2. The van der Waals surface area contributed by atoms with Crippen LogP contribution in [-0.2, 0) is 14.1 Å². The molecule has 0 radical (unpaired) electrons. The molecule has 148 valence electrons. The molecule has 6 heteroatoms. The van der Waals surface area contributed by atoms with E-state index in [-0.39, 0.29) is 11.2 Å². The largest absolute Gasteiger partial charge is 0.497 e. The molecule has 6 nitrogen and oxygen atoms in total. The van der Waals surface area contributed by atoms with Gasteiger partial charge in [-0.2, -0.15) is 0 Å². The third-order valence-electron chi connectivity index (χ3n) is 5.58. The number of hydrogen-bond donors (Lipinski definition) is 1. The number of aromatic nitrogens is 3. The highest BCUT2D eigenvalue weighted by Crippen LogP contribution is 2.37. The van der Waals surface area contributed by atoms with E-state index in [4.69, 9.17) is 4.74 Å². The quantitative estimate of drug-likeness (QED) is 0.583. The van der Waals surface area contributed by atoms with E-state index < -0.39 is 0 Å². The predicted molar refractivity (Wildman–Crippen MR) is 116 cm³/mol. The molecule has 0 aliphatic carbocycles. The third-order valence-corrected chi connectivity index (χ3v) is 5.58. The van der Waals surface area contributed by atoms with Gasteiger partial charge >= 0.3 is 5.69 Å². The van der Waals surface area contributed by atoms with Crippen LogP contribution < -0.4 is 16.0 Å². The Morgan fingerprint density at radius 2 is 1.52 bits per heavy atom. The number of hydrogen-bond acceptors (Lipinski definition) is 3. The van der Waals surface area contributed by atoms with Crippen LogP contribution in [0.5, 0.6) is 5.75 Å². The first-order valence-electron chi connectivity index (χ1n) is 9.37. The number of aromatic amines is 1. The maximum absolute atomic E-state index is 13.1. The second-order valence-corrected chi connectivity index (χ2v) is 7.33. The Hall–Kier alpha value is -3.54. The first kappa shape index (κ1) is 18.8. The van der Waals surface area contributed by atoms with Gasteiger partial charge in [-0.25, -0.2) is 4.79 Å². The van der Waals surface area contributed by atoms with Crippen molar-refractivity contribution in [2.75, 3.05) is 7.11 Å². The molecule has 0 atom stereocenters. The molecule has 1 N–H and O–H groups in total. The minimum atomic E-state index is -0.364. The van der Waals surface area contributed by atoms with Crippen molar-refractivity contribution in [2.45, 2.75) is 13.8 Å². The van der Waals surface area contributed by atoms with E-state index in [1.165, 1.54) is 17.2 Å². The molecule has 0 unspecified atom stereocenters. The molecule has 0 aliphatic rings. The number of aryl methyl sites for hydroxylation is 3. The Morgan fingerprint density at radius 3 is 2.14 bits per heavy atom. The number of rotatable bonds is 3. The molecule has 2 aromatic carbocycles. The van der Waals surface area contributed by atoms with Gasteiger partial charge in [-0.3, -0.25) is 13.9 Å². The lowest BCUT2D eigenvalue weighted by molar-refractivity contribution is 0.415. The molecule has 29 heavy (non-hydrogen) atoms. The van der Waals surface area contributed by atoms with Gasteiger partial charge in [0.2, 0.25) is 0 Å².